The molecular formula is C70H66N10O12S8. The molecule has 516 valence electrons. The smallest absolute Gasteiger partial charge is 0.295 e. The van der Waals surface area contributed by atoms with Crippen LogP contribution in [0.15, 0.2) is 214 Å². The number of anilines is 10. The van der Waals surface area contributed by atoms with Crippen LogP contribution in [-0.2, 0) is 40.5 Å². The second-order valence-corrected chi connectivity index (χ2v) is 30.2. The highest BCUT2D eigenvalue weighted by Gasteiger charge is 2.24. The topological polar surface area (TPSA) is 366 Å². The number of nitrogens with one attached hydrogen (secondary N) is 8. The average molecular weight is 1500 g/mol. The molecule has 16 N–H and O–H groups in total. The maximum Gasteiger partial charge on any atom is 0.295 e. The van der Waals surface area contributed by atoms with Crippen molar-refractivity contribution in [2.45, 2.75) is 61.1 Å². The van der Waals surface area contributed by atoms with Crippen LogP contribution < -0.4 is 54.0 Å². The van der Waals surface area contributed by atoms with Crippen LogP contribution in [0.2, 0.25) is 0 Å². The standard InChI is InChI=1S/C43H40N6O6S5.C27H26N4O6S3/c1-25-5-9-29(10-6-25)44-41(56)46-31-13-17-35(27(3)21-31)38-20-16-34(24-40(38)60(53,54)55)49-43(58)47-32-14-18-36(28(4)22-32)37-19-15-33(23-39(37)59(50,51)52)48-42(57)45-30-11-7-26(2)8-12-30;1-15-11-17(28)3-7-21(15)24-10-6-20(14-26(24)40(35,36)37)31-27(38)30-19-5-9-22(16(2)12-19)23-8-4-18(29)13-25(23)39(32,33)34/h5-24H,1-4H3,(H2,44,46,56)(H2,45,48,57)(H2,47,49,58)(H,50,51,52)(H,53,54,55);3-14H,28-29H2,1-2H3,(H2,30,31,38)(H,32,33,34)(H,35,36,37). The van der Waals surface area contributed by atoms with Gasteiger partial charge in [-0.1, -0.05) is 83.9 Å². The molecule has 0 aliphatic rings. The minimum atomic E-state index is -4.68. The largest absolute Gasteiger partial charge is 0.399 e. The summed E-state index contributed by atoms with van der Waals surface area (Å²) in [6, 6.07) is 53.6. The van der Waals surface area contributed by atoms with Crippen molar-refractivity contribution in [3.05, 3.63) is 228 Å². The second kappa shape index (κ2) is 30.8. The third-order valence-electron chi connectivity index (χ3n) is 15.3. The molecule has 100 heavy (non-hydrogen) atoms. The van der Waals surface area contributed by atoms with E-state index in [1.807, 2.05) is 75.4 Å². The lowest BCUT2D eigenvalue weighted by Crippen LogP contribution is -2.19. The normalized spacial score (nSPS) is 11.5. The number of aryl methyl sites for hydroxylation is 6. The SMILES string of the molecule is Cc1cc(NC(=S)Nc2ccc(-c3ccc(N)cc3C)c(S(=O)(=O)O)c2)ccc1-c1ccc(N)cc1S(=O)(=O)O.Cc1ccc(NC(=S)Nc2ccc(-c3ccc(NC(=S)Nc4ccc(-c5ccc(NC(=S)Nc6ccc(C)cc6)cc5S(=O)(=O)O)c(C)c4)cc3S(=O)(=O)O)c(C)c2)cc1. The first-order chi connectivity index (χ1) is 46.9. The molecule has 0 saturated heterocycles. The highest BCUT2D eigenvalue weighted by Crippen LogP contribution is 2.38. The van der Waals surface area contributed by atoms with Crippen LogP contribution in [0.25, 0.3) is 44.5 Å². The summed E-state index contributed by atoms with van der Waals surface area (Å²) in [5.74, 6) is 0. The zero-order valence-corrected chi connectivity index (χ0v) is 60.5. The summed E-state index contributed by atoms with van der Waals surface area (Å²) >= 11 is 21.8. The number of thiocarbonyl (C=S) groups is 4. The van der Waals surface area contributed by atoms with Crippen molar-refractivity contribution in [2.75, 3.05) is 54.0 Å². The van der Waals surface area contributed by atoms with Crippen LogP contribution in [0.3, 0.4) is 0 Å². The lowest BCUT2D eigenvalue weighted by atomic mass is 9.99. The fraction of sp³-hybridized carbons (Fsp3) is 0.0857. The molecule has 0 spiro atoms. The molecule has 0 aliphatic carbocycles. The highest BCUT2D eigenvalue weighted by atomic mass is 32.2. The lowest BCUT2D eigenvalue weighted by molar-refractivity contribution is 0.481. The Kier molecular flexibility index (Phi) is 22.9. The van der Waals surface area contributed by atoms with Gasteiger partial charge in [-0.15, -0.1) is 0 Å². The van der Waals surface area contributed by atoms with Crippen molar-refractivity contribution in [1.29, 1.82) is 0 Å². The van der Waals surface area contributed by atoms with E-state index in [1.54, 1.807) is 124 Å². The van der Waals surface area contributed by atoms with E-state index in [0.717, 1.165) is 33.6 Å². The molecule has 10 aromatic rings. The summed E-state index contributed by atoms with van der Waals surface area (Å²) in [6.45, 7) is 11.1. The zero-order chi connectivity index (χ0) is 72.8. The van der Waals surface area contributed by atoms with Crippen molar-refractivity contribution < 1.29 is 51.9 Å². The van der Waals surface area contributed by atoms with Gasteiger partial charge in [0.25, 0.3) is 40.5 Å². The molecule has 30 heteroatoms. The molecule has 0 fully saturated rings. The first kappa shape index (κ1) is 74.4. The van der Waals surface area contributed by atoms with E-state index in [-0.39, 0.29) is 57.3 Å². The molecule has 0 atom stereocenters. The van der Waals surface area contributed by atoms with E-state index in [4.69, 9.17) is 60.3 Å². The third kappa shape index (κ3) is 19.3. The minimum Gasteiger partial charge on any atom is -0.399 e. The Morgan fingerprint density at radius 3 is 0.700 bits per heavy atom. The first-order valence-electron chi connectivity index (χ1n) is 29.8. The van der Waals surface area contributed by atoms with E-state index in [2.05, 4.69) is 42.5 Å². The maximum atomic E-state index is 12.7. The monoisotopic (exact) mass is 1490 g/mol. The Labute approximate surface area is 601 Å². The van der Waals surface area contributed by atoms with Gasteiger partial charge in [0, 0.05) is 79.1 Å². The number of benzene rings is 10. The second-order valence-electron chi connectivity index (χ2n) is 23.0. The number of rotatable bonds is 16. The van der Waals surface area contributed by atoms with Crippen LogP contribution in [0.1, 0.15) is 33.4 Å². The molecule has 10 aromatic carbocycles. The van der Waals surface area contributed by atoms with E-state index in [1.165, 1.54) is 36.4 Å². The van der Waals surface area contributed by atoms with E-state index in [0.29, 0.717) is 83.9 Å². The Bertz CT molecular complexity index is 5400. The Morgan fingerprint density at radius 2 is 0.450 bits per heavy atom. The molecule has 0 aromatic heterocycles. The number of hydrogen-bond donors (Lipinski definition) is 14. The van der Waals surface area contributed by atoms with E-state index < -0.39 is 40.5 Å². The molecule has 0 amide bonds. The minimum absolute atomic E-state index is 0.113. The van der Waals surface area contributed by atoms with Crippen molar-refractivity contribution in [1.82, 2.24) is 0 Å². The summed E-state index contributed by atoms with van der Waals surface area (Å²) in [6.07, 6.45) is 0. The van der Waals surface area contributed by atoms with Gasteiger partial charge in [0.05, 0.1) is 0 Å². The van der Waals surface area contributed by atoms with Crippen LogP contribution >= 0.6 is 48.9 Å². The number of nitrogen functional groups attached to an aromatic ring is 2. The van der Waals surface area contributed by atoms with Crippen molar-refractivity contribution in [3.8, 4) is 44.5 Å². The van der Waals surface area contributed by atoms with Crippen molar-refractivity contribution in [2.24, 2.45) is 0 Å². The zero-order valence-electron chi connectivity index (χ0n) is 54.0. The maximum absolute atomic E-state index is 12.7. The van der Waals surface area contributed by atoms with Crippen molar-refractivity contribution in [3.63, 3.8) is 0 Å². The van der Waals surface area contributed by atoms with Crippen LogP contribution in [0.5, 0.6) is 0 Å². The van der Waals surface area contributed by atoms with Gasteiger partial charge in [0.2, 0.25) is 0 Å². The van der Waals surface area contributed by atoms with Gasteiger partial charge in [-0.3, -0.25) is 18.2 Å². The summed E-state index contributed by atoms with van der Waals surface area (Å²) in [7, 11) is -18.4. The number of hydrogen-bond acceptors (Lipinski definition) is 14. The van der Waals surface area contributed by atoms with Gasteiger partial charge in [0.1, 0.15) is 19.6 Å². The summed E-state index contributed by atoms with van der Waals surface area (Å²) in [5.41, 5.74) is 25.0. The number of nitrogens with two attached hydrogens (primary N) is 2. The third-order valence-corrected chi connectivity index (χ3v) is 19.7. The summed E-state index contributed by atoms with van der Waals surface area (Å²) < 4.78 is 139. The molecule has 0 aliphatic heterocycles. The summed E-state index contributed by atoms with van der Waals surface area (Å²) in [4.78, 5) is -1.24. The van der Waals surface area contributed by atoms with Crippen LogP contribution in [0.4, 0.5) is 56.9 Å². The van der Waals surface area contributed by atoms with Gasteiger partial charge in [-0.2, -0.15) is 33.7 Å². The van der Waals surface area contributed by atoms with Gasteiger partial charge >= 0.3 is 0 Å². The van der Waals surface area contributed by atoms with Gasteiger partial charge < -0.3 is 54.0 Å². The molecule has 0 heterocycles. The Hall–Kier alpha value is -9.80. The molecule has 0 bridgehead atoms. The molecule has 22 nitrogen and oxygen atoms in total. The Balaban J connectivity index is 0.000000253. The molecule has 0 saturated carbocycles. The fourth-order valence-corrected chi connectivity index (χ4v) is 14.5. The van der Waals surface area contributed by atoms with E-state index in [9.17, 15) is 51.9 Å². The molecule has 0 radical (unpaired) electrons. The van der Waals surface area contributed by atoms with Gasteiger partial charge in [-0.25, -0.2) is 0 Å². The highest BCUT2D eigenvalue weighted by molar-refractivity contribution is 7.87. The predicted molar refractivity (Wildman–Crippen MR) is 416 cm³/mol. The van der Waals surface area contributed by atoms with E-state index >= 15 is 0 Å². The van der Waals surface area contributed by atoms with Crippen LogP contribution in [-0.4, -0.2) is 72.3 Å². The van der Waals surface area contributed by atoms with Crippen molar-refractivity contribution >= 4 is 167 Å². The molecule has 10 rings (SSSR count). The quantitative estimate of drug-likeness (QED) is 0.0243. The summed E-state index contributed by atoms with van der Waals surface area (Å²) in [5, 5.41) is 25.0. The molecular weight excluding hydrogens is 1430 g/mol. The lowest BCUT2D eigenvalue weighted by Gasteiger charge is -2.17. The Morgan fingerprint density at radius 1 is 0.260 bits per heavy atom. The average Bonchev–Trinajstić information content (AvgIpc) is 0.808. The predicted octanol–water partition coefficient (Wildman–Crippen LogP) is 15.3. The molecule has 0 unspecified atom stereocenters. The van der Waals surface area contributed by atoms with Crippen LogP contribution in [0, 0.1) is 41.5 Å². The first-order valence-corrected chi connectivity index (χ1v) is 37.2. The van der Waals surface area contributed by atoms with Gasteiger partial charge in [-0.05, 0) is 256 Å². The van der Waals surface area contributed by atoms with Gasteiger partial charge in [0.15, 0.2) is 20.4 Å². The fourth-order valence-electron chi connectivity index (χ4n) is 10.7.